The van der Waals surface area contributed by atoms with Crippen LogP contribution in [0.1, 0.15) is 37.4 Å². The fourth-order valence-electron chi connectivity index (χ4n) is 15.3. The number of hydrogen-bond acceptors (Lipinski definition) is 48. The van der Waals surface area contributed by atoms with Gasteiger partial charge in [-0.05, 0) is 35.4 Å². The molecular weight excluding hydrogens is 2040 g/mol. The molecule has 0 aliphatic carbocycles. The lowest BCUT2D eigenvalue weighted by atomic mass is 10.1. The maximum Gasteiger partial charge on any atom is 0.472 e. The third-order valence-electron chi connectivity index (χ3n) is 21.2. The summed E-state index contributed by atoms with van der Waals surface area (Å²) in [6, 6.07) is 0. The second kappa shape index (κ2) is 36.0. The van der Waals surface area contributed by atoms with E-state index in [0.717, 1.165) is 65.7 Å². The van der Waals surface area contributed by atoms with E-state index in [1.165, 1.54) is 0 Å². The molecule has 78 heteroatoms. The minimum absolute atomic E-state index is 0.0240. The monoisotopic (exact) mass is 2100 g/mol. The first-order chi connectivity index (χ1) is 63.9. The Balaban J connectivity index is 0.000000130. The molecule has 9 aliphatic heterocycles. The van der Waals surface area contributed by atoms with Crippen molar-refractivity contribution in [3.05, 3.63) is 100 Å². The molecule has 9 saturated heterocycles. The summed E-state index contributed by atoms with van der Waals surface area (Å²) in [5, 5.41) is 22.3. The molecule has 9 aliphatic rings. The Hall–Kier alpha value is -9.06. The highest BCUT2D eigenvalue weighted by Crippen LogP contribution is 2.61. The van der Waals surface area contributed by atoms with Gasteiger partial charge in [-0.15, -0.1) is 15.3 Å². The van der Waals surface area contributed by atoms with Gasteiger partial charge in [0.2, 0.25) is 17.8 Å². The van der Waals surface area contributed by atoms with Crippen molar-refractivity contribution in [1.82, 2.24) is 133 Å². The van der Waals surface area contributed by atoms with Gasteiger partial charge in [-0.1, -0.05) is 27.9 Å². The zero-order valence-corrected chi connectivity index (χ0v) is 74.8. The molecule has 21 heterocycles. The fraction of sp³-hybridized carbons (Fsp3) is 0.526. The summed E-state index contributed by atoms with van der Waals surface area (Å²) >= 11 is 19.2. The van der Waals surface area contributed by atoms with Crippen LogP contribution >= 0.6 is 54.8 Å². The van der Waals surface area contributed by atoms with Crippen LogP contribution in [0.2, 0.25) is 0 Å². The summed E-state index contributed by atoms with van der Waals surface area (Å²) in [6.07, 6.45) is -36.8. The maximum atomic E-state index is 16.0. The number of thiol groups is 1. The van der Waals surface area contributed by atoms with Gasteiger partial charge in [-0.3, -0.25) is 98.1 Å². The van der Waals surface area contributed by atoms with Gasteiger partial charge in [0.15, 0.2) is 141 Å². The lowest BCUT2D eigenvalue weighted by molar-refractivity contribution is -0.0645. The number of fused-ring (bicyclic) bond motifs is 15. The zero-order chi connectivity index (χ0) is 95.5. The quantitative estimate of drug-likeness (QED) is 0.0463. The molecule has 21 rings (SSSR count). The first kappa shape index (κ1) is 94.9. The average Bonchev–Trinajstić information content (AvgIpc) is 1.63. The van der Waals surface area contributed by atoms with E-state index in [-0.39, 0.29) is 84.8 Å². The van der Waals surface area contributed by atoms with Gasteiger partial charge in [-0.2, -0.15) is 29.0 Å². The number of rotatable bonds is 6. The summed E-state index contributed by atoms with van der Waals surface area (Å²) in [5.74, 6) is -0.905. The van der Waals surface area contributed by atoms with Crippen LogP contribution in [0.5, 0.6) is 0 Å². The molecule has 30 atom stereocenters. The van der Waals surface area contributed by atoms with Gasteiger partial charge in [0.05, 0.1) is 77.6 Å². The summed E-state index contributed by atoms with van der Waals surface area (Å²) in [6.45, 7) is -22.8. The summed E-state index contributed by atoms with van der Waals surface area (Å²) in [7, 11) is -10.4. The molecular formula is C57H60F6N30O32P6S4. The van der Waals surface area contributed by atoms with Crippen molar-refractivity contribution in [2.45, 2.75) is 148 Å². The van der Waals surface area contributed by atoms with E-state index in [9.17, 15) is 66.9 Å². The van der Waals surface area contributed by atoms with Crippen LogP contribution in [-0.4, -0.2) is 308 Å². The molecule has 726 valence electrons. The lowest BCUT2D eigenvalue weighted by Crippen LogP contribution is -2.34. The highest BCUT2D eigenvalue weighted by molar-refractivity contribution is 8.44. The number of anilines is 3. The SMILES string of the molecule is Nc1nc2c(ncn2[C@@H]2O[C@@H]3COP(=O)(O)O[C@H]4[C@H](F)[C@H](n5nnc6c(=O)[nH]cnc65)O[C@@H]4COP(=O)(S)O[C@@H]2[C@@H]3F)c(=O)[nH]1.Nc1nc2c(ncn2[C@@H]2O[C@@H]3COP(=O)(O)O[C@H]4[C@H](F)[C@H](n5nnc6c(=O)[nH]cnc65)O[C@@H]4COP(O)(=S)O[C@@H]2[C@@H]3F)c(=O)[nH]1.Nc1nc2c(nnn2[C@@H]2O[C@@H]3COP(O)(=S)O[C@H]4[C@H](F)[C@H](n5cnc6c(=O)[nH]cnc65)O[C@@H]4COP(O)(=S)O[C@@H]2[C@H]3F)c(=O)[nH]1. The van der Waals surface area contributed by atoms with E-state index < -0.39 is 263 Å². The molecule has 12 aromatic rings. The Morgan fingerprint density at radius 3 is 1.10 bits per heavy atom. The smallest absolute Gasteiger partial charge is 0.369 e. The summed E-state index contributed by atoms with van der Waals surface area (Å²) < 4.78 is 238. The molecule has 0 amide bonds. The second-order valence-electron chi connectivity index (χ2n) is 29.7. The predicted molar refractivity (Wildman–Crippen MR) is 439 cm³/mol. The van der Waals surface area contributed by atoms with Crippen molar-refractivity contribution >= 4 is 175 Å². The Kier molecular flexibility index (Phi) is 25.3. The van der Waals surface area contributed by atoms with Crippen LogP contribution < -0.4 is 50.6 Å². The first-order valence-corrected chi connectivity index (χ1v) is 51.7. The number of hydrogen-bond donors (Lipinski definition) is 15. The second-order valence-corrected chi connectivity index (χ2v) is 43.8. The van der Waals surface area contributed by atoms with Gasteiger partial charge >= 0.3 is 42.6 Å². The number of nitrogen functional groups attached to an aromatic ring is 3. The first-order valence-electron chi connectivity index (χ1n) is 38.2. The number of halogens is 6. The van der Waals surface area contributed by atoms with Crippen molar-refractivity contribution in [3.63, 3.8) is 0 Å². The topological polar surface area (TPSA) is 817 Å². The number of H-pyrrole nitrogens is 6. The molecule has 135 heavy (non-hydrogen) atoms. The number of aromatic amines is 6. The normalized spacial score (nSPS) is 37.7. The molecule has 62 nitrogen and oxygen atoms in total. The van der Waals surface area contributed by atoms with Crippen LogP contribution in [0.25, 0.3) is 67.0 Å². The Labute approximate surface area is 756 Å². The number of aromatic nitrogens is 27. The van der Waals surface area contributed by atoms with E-state index in [2.05, 4.69) is 118 Å². The fourth-order valence-corrected chi connectivity index (χ4v) is 22.9. The molecule has 0 aromatic carbocycles. The Morgan fingerprint density at radius 1 is 0.348 bits per heavy atom. The molecule has 9 fully saturated rings. The third-order valence-corrected chi connectivity index (χ3v) is 29.5. The highest BCUT2D eigenvalue weighted by atomic mass is 32.7. The minimum Gasteiger partial charge on any atom is -0.369 e. The van der Waals surface area contributed by atoms with E-state index in [0.29, 0.717) is 0 Å². The van der Waals surface area contributed by atoms with Crippen LogP contribution in [0, 0.1) is 0 Å². The lowest BCUT2D eigenvalue weighted by Gasteiger charge is -2.27. The number of imidazole rings is 3. The minimum atomic E-state index is -5.20. The highest BCUT2D eigenvalue weighted by Gasteiger charge is 2.60. The molecule has 0 radical (unpaired) electrons. The third kappa shape index (κ3) is 18.3. The molecule has 6 bridgehead atoms. The van der Waals surface area contributed by atoms with E-state index in [4.69, 9.17) is 135 Å². The van der Waals surface area contributed by atoms with E-state index in [1.807, 2.05) is 0 Å². The van der Waals surface area contributed by atoms with Gasteiger partial charge < -0.3 is 98.6 Å². The molecule has 17 N–H and O–H groups in total. The number of alkyl halides is 6. The van der Waals surface area contributed by atoms with Gasteiger partial charge in [-0.25, -0.2) is 69.9 Å². The summed E-state index contributed by atoms with van der Waals surface area (Å²) in [4.78, 5) is 176. The van der Waals surface area contributed by atoms with E-state index >= 15 is 26.3 Å². The number of nitrogens with one attached hydrogen (secondary N) is 6. The van der Waals surface area contributed by atoms with Crippen LogP contribution in [-0.2, 0) is 132 Å². The van der Waals surface area contributed by atoms with Crippen molar-refractivity contribution < 1.29 is 147 Å². The number of nitrogens with zero attached hydrogens (tertiary/aromatic N) is 21. The zero-order valence-electron chi connectivity index (χ0n) is 66.1. The molecule has 0 spiro atoms. The van der Waals surface area contributed by atoms with Gasteiger partial charge in [0.25, 0.3) is 33.4 Å². The molecule has 12 aromatic heterocycles. The number of phosphoric ester groups is 2. The van der Waals surface area contributed by atoms with Crippen molar-refractivity contribution in [1.29, 1.82) is 0 Å². The summed E-state index contributed by atoms with van der Waals surface area (Å²) in [5.41, 5.74) is 10.6. The predicted octanol–water partition coefficient (Wildman–Crippen LogP) is -2.56. The van der Waals surface area contributed by atoms with Crippen LogP contribution in [0.15, 0.2) is 66.7 Å². The standard InChI is InChI=1S/2C19H20F2N10O11P2S.C19H20F2N10O10P2S2/c2*20-7-5-1-37-43(34,35)41-11-6(40-17(8(11)21)31-13-10(28-29-31)15(32)24-3-23-13)2-38-44(36,45)42-12(7)18(39-5)30-4-25-9-14(30)26-19(22)27-16(9)33;20-7-5-1-36-42(34,44)40-11-6(39-17(8(11)21)30-4-25-9-13(30)23-3-24-15(9)32)2-37-43(35,45)41-12(7)18(38-5)31-14-10(28-29-31)16(33)27-19(22)26-14/h2*3-8,11-12,17-18H,1-2H2,(H,34,35)(H,36,45)(H,23,24,32)(H3,22,26,27,33);3-8,11-12,17-18H,1-2H2,(H,34,44)(H,35,45)(H,23,24,32)(H3,22,26,27,33)/t2*5-,6-,7-,8+,11-,12-,17-,18-,44?;5-,6-,7+,8+,11-,12-,17-,18-,42?,43?/m111/s1. The van der Waals surface area contributed by atoms with Gasteiger partial charge in [0.1, 0.15) is 73.2 Å². The van der Waals surface area contributed by atoms with Crippen molar-refractivity contribution in [2.75, 3.05) is 56.8 Å². The van der Waals surface area contributed by atoms with Crippen molar-refractivity contribution in [3.8, 4) is 0 Å². The van der Waals surface area contributed by atoms with Crippen molar-refractivity contribution in [2.24, 2.45) is 0 Å². The number of phosphoric acid groups is 2. The number of nitrogens with two attached hydrogens (primary N) is 3. The molecule has 0 saturated carbocycles. The average molecular weight is 2110 g/mol. The van der Waals surface area contributed by atoms with Crippen LogP contribution in [0.3, 0.4) is 0 Å². The van der Waals surface area contributed by atoms with E-state index in [1.54, 1.807) is 0 Å². The Morgan fingerprint density at radius 2 is 0.652 bits per heavy atom. The maximum absolute atomic E-state index is 16.0. The molecule has 6 unspecified atom stereocenters. The van der Waals surface area contributed by atoms with Gasteiger partial charge in [0, 0.05) is 0 Å². The number of ether oxygens (including phenoxy) is 6. The Bertz CT molecular complexity index is 6700. The largest absolute Gasteiger partial charge is 0.472 e. The van der Waals surface area contributed by atoms with Crippen LogP contribution in [0.4, 0.5) is 44.2 Å².